The highest BCUT2D eigenvalue weighted by molar-refractivity contribution is 6.07. The molecular weight excluding hydrogens is 246 g/mol. The zero-order valence-corrected chi connectivity index (χ0v) is 11.7. The second-order valence-electron chi connectivity index (χ2n) is 5.64. The van der Waals surface area contributed by atoms with E-state index in [2.05, 4.69) is 10.3 Å². The third kappa shape index (κ3) is 2.88. The molecule has 0 aromatic carbocycles. The summed E-state index contributed by atoms with van der Waals surface area (Å²) in [5, 5.41) is 2.74. The Balaban J connectivity index is 1.89. The predicted molar refractivity (Wildman–Crippen MR) is 71.0 cm³/mol. The Hall–Kier alpha value is -1.59. The summed E-state index contributed by atoms with van der Waals surface area (Å²) in [6.45, 7) is 7.24. The van der Waals surface area contributed by atoms with Crippen LogP contribution in [0.4, 0.5) is 4.79 Å². The fourth-order valence-corrected chi connectivity index (χ4v) is 2.41. The van der Waals surface area contributed by atoms with Gasteiger partial charge in [-0.1, -0.05) is 13.8 Å². The Morgan fingerprint density at radius 1 is 1.47 bits per heavy atom. The zero-order chi connectivity index (χ0) is 14.0. The van der Waals surface area contributed by atoms with Crippen molar-refractivity contribution < 1.29 is 14.3 Å². The van der Waals surface area contributed by atoms with Crippen LogP contribution in [0.1, 0.15) is 33.6 Å². The van der Waals surface area contributed by atoms with Gasteiger partial charge in [0.25, 0.3) is 5.91 Å². The van der Waals surface area contributed by atoms with Gasteiger partial charge in [0.05, 0.1) is 6.61 Å². The quantitative estimate of drug-likeness (QED) is 0.816. The standard InChI is InChI=1S/C13H21N3O3/c1-9(2)8-19-12(18)16-6-4-13(5-7-16)11(17)14-10(3)15-13/h9H,4-8H2,1-3H3,(H,14,15,17). The smallest absolute Gasteiger partial charge is 0.409 e. The molecular formula is C13H21N3O3. The van der Waals surface area contributed by atoms with E-state index >= 15 is 0 Å². The first kappa shape index (κ1) is 13.8. The van der Waals surface area contributed by atoms with E-state index in [-0.39, 0.29) is 12.0 Å². The first-order valence-corrected chi connectivity index (χ1v) is 6.72. The molecule has 6 heteroatoms. The topological polar surface area (TPSA) is 71.0 Å². The lowest BCUT2D eigenvalue weighted by Gasteiger charge is -2.34. The summed E-state index contributed by atoms with van der Waals surface area (Å²) in [5.74, 6) is 0.953. The van der Waals surface area contributed by atoms with Gasteiger partial charge in [-0.25, -0.2) is 4.79 Å². The number of aliphatic imine (C=N–C) groups is 1. The Bertz CT molecular complexity index is 409. The summed E-state index contributed by atoms with van der Waals surface area (Å²) in [4.78, 5) is 29.8. The number of carbonyl (C=O) groups excluding carboxylic acids is 2. The zero-order valence-electron chi connectivity index (χ0n) is 11.7. The second-order valence-corrected chi connectivity index (χ2v) is 5.64. The number of rotatable bonds is 2. The van der Waals surface area contributed by atoms with Crippen LogP contribution in [0.2, 0.25) is 0 Å². The fourth-order valence-electron chi connectivity index (χ4n) is 2.41. The van der Waals surface area contributed by atoms with Gasteiger partial charge in [-0.3, -0.25) is 9.79 Å². The van der Waals surface area contributed by atoms with Crippen molar-refractivity contribution in [2.24, 2.45) is 10.9 Å². The average Bonchev–Trinajstić information content (AvgIpc) is 2.62. The highest BCUT2D eigenvalue weighted by atomic mass is 16.6. The minimum Gasteiger partial charge on any atom is -0.449 e. The van der Waals surface area contributed by atoms with Crippen LogP contribution in [0.15, 0.2) is 4.99 Å². The third-order valence-electron chi connectivity index (χ3n) is 3.49. The molecule has 0 aliphatic carbocycles. The van der Waals surface area contributed by atoms with Gasteiger partial charge in [-0.2, -0.15) is 0 Å². The van der Waals surface area contributed by atoms with Crippen LogP contribution in [0.3, 0.4) is 0 Å². The molecule has 1 spiro atoms. The maximum absolute atomic E-state index is 11.9. The van der Waals surface area contributed by atoms with Gasteiger partial charge in [0.2, 0.25) is 0 Å². The van der Waals surface area contributed by atoms with Crippen molar-refractivity contribution in [3.63, 3.8) is 0 Å². The number of hydrogen-bond acceptors (Lipinski definition) is 4. The lowest BCUT2D eigenvalue weighted by atomic mass is 9.88. The molecule has 0 bridgehead atoms. The van der Waals surface area contributed by atoms with E-state index in [1.165, 1.54) is 0 Å². The van der Waals surface area contributed by atoms with Gasteiger partial charge >= 0.3 is 6.09 Å². The number of nitrogens with one attached hydrogen (secondary N) is 1. The van der Waals surface area contributed by atoms with Gasteiger partial charge in [0.15, 0.2) is 0 Å². The summed E-state index contributed by atoms with van der Waals surface area (Å²) in [5.41, 5.74) is -0.654. The molecule has 1 fully saturated rings. The monoisotopic (exact) mass is 267 g/mol. The molecule has 0 saturated carbocycles. The average molecular weight is 267 g/mol. The van der Waals surface area contributed by atoms with Gasteiger partial charge in [-0.05, 0) is 25.7 Å². The van der Waals surface area contributed by atoms with Crippen molar-refractivity contribution in [1.29, 1.82) is 0 Å². The van der Waals surface area contributed by atoms with Crippen LogP contribution in [-0.2, 0) is 9.53 Å². The summed E-state index contributed by atoms with van der Waals surface area (Å²) in [7, 11) is 0. The van der Waals surface area contributed by atoms with Gasteiger partial charge in [0, 0.05) is 13.1 Å². The highest BCUT2D eigenvalue weighted by Gasteiger charge is 2.45. The Labute approximate surface area is 113 Å². The molecule has 2 amide bonds. The Morgan fingerprint density at radius 3 is 2.58 bits per heavy atom. The van der Waals surface area contributed by atoms with Crippen molar-refractivity contribution in [3.8, 4) is 0 Å². The number of nitrogens with zero attached hydrogens (tertiary/aromatic N) is 2. The van der Waals surface area contributed by atoms with Gasteiger partial charge < -0.3 is 15.0 Å². The second kappa shape index (κ2) is 5.19. The Morgan fingerprint density at radius 2 is 2.11 bits per heavy atom. The lowest BCUT2D eigenvalue weighted by molar-refractivity contribution is -0.125. The molecule has 0 aromatic rings. The summed E-state index contributed by atoms with van der Waals surface area (Å²) >= 11 is 0. The number of amidine groups is 1. The van der Waals surface area contributed by atoms with Crippen molar-refractivity contribution in [3.05, 3.63) is 0 Å². The fraction of sp³-hybridized carbons (Fsp3) is 0.769. The molecule has 0 aromatic heterocycles. The van der Waals surface area contributed by atoms with Gasteiger partial charge in [0.1, 0.15) is 11.4 Å². The number of carbonyl (C=O) groups is 2. The maximum Gasteiger partial charge on any atom is 0.409 e. The SMILES string of the molecule is CC1=NC2(CCN(C(=O)OCC(C)C)CC2)C(=O)N1. The molecule has 2 aliphatic rings. The van der Waals surface area contributed by atoms with Crippen LogP contribution in [-0.4, -0.2) is 48.0 Å². The van der Waals surface area contributed by atoms with E-state index in [1.54, 1.807) is 11.8 Å². The molecule has 2 aliphatic heterocycles. The van der Waals surface area contributed by atoms with E-state index in [1.807, 2.05) is 13.8 Å². The molecule has 2 heterocycles. The minimum atomic E-state index is -0.654. The van der Waals surface area contributed by atoms with Crippen LogP contribution in [0.25, 0.3) is 0 Å². The predicted octanol–water partition coefficient (Wildman–Crippen LogP) is 1.16. The number of amides is 2. The molecule has 19 heavy (non-hydrogen) atoms. The molecule has 106 valence electrons. The third-order valence-corrected chi connectivity index (χ3v) is 3.49. The molecule has 0 atom stereocenters. The molecule has 0 unspecified atom stereocenters. The van der Waals surface area contributed by atoms with Crippen molar-refractivity contribution in [2.45, 2.75) is 39.2 Å². The molecule has 1 N–H and O–H groups in total. The van der Waals surface area contributed by atoms with E-state index in [0.29, 0.717) is 44.3 Å². The molecule has 6 nitrogen and oxygen atoms in total. The van der Waals surface area contributed by atoms with Gasteiger partial charge in [-0.15, -0.1) is 0 Å². The van der Waals surface area contributed by atoms with Crippen LogP contribution < -0.4 is 5.32 Å². The lowest BCUT2D eigenvalue weighted by Crippen LogP contribution is -2.50. The molecule has 2 rings (SSSR count). The van der Waals surface area contributed by atoms with Crippen molar-refractivity contribution in [2.75, 3.05) is 19.7 Å². The summed E-state index contributed by atoms with van der Waals surface area (Å²) in [6, 6.07) is 0. The van der Waals surface area contributed by atoms with Crippen molar-refractivity contribution in [1.82, 2.24) is 10.2 Å². The van der Waals surface area contributed by atoms with Crippen LogP contribution >= 0.6 is 0 Å². The number of likely N-dealkylation sites (tertiary alicyclic amines) is 1. The first-order chi connectivity index (χ1) is 8.93. The maximum atomic E-state index is 11.9. The van der Waals surface area contributed by atoms with Crippen LogP contribution in [0.5, 0.6) is 0 Å². The summed E-state index contributed by atoms with van der Waals surface area (Å²) < 4.78 is 5.19. The highest BCUT2D eigenvalue weighted by Crippen LogP contribution is 2.30. The normalized spacial score (nSPS) is 21.6. The van der Waals surface area contributed by atoms with E-state index in [0.717, 1.165) is 0 Å². The van der Waals surface area contributed by atoms with E-state index in [4.69, 9.17) is 4.74 Å². The number of ether oxygens (including phenoxy) is 1. The minimum absolute atomic E-state index is 0.0415. The number of hydrogen-bond donors (Lipinski definition) is 1. The molecule has 1 saturated heterocycles. The largest absolute Gasteiger partial charge is 0.449 e. The summed E-state index contributed by atoms with van der Waals surface area (Å²) in [6.07, 6.45) is 0.836. The van der Waals surface area contributed by atoms with E-state index in [9.17, 15) is 9.59 Å². The first-order valence-electron chi connectivity index (χ1n) is 6.72. The Kier molecular flexibility index (Phi) is 3.78. The molecule has 0 radical (unpaired) electrons. The van der Waals surface area contributed by atoms with Crippen molar-refractivity contribution >= 4 is 17.8 Å². The van der Waals surface area contributed by atoms with Crippen LogP contribution in [0, 0.1) is 5.92 Å². The van der Waals surface area contributed by atoms with E-state index < -0.39 is 5.54 Å². The number of piperidine rings is 1.